The Morgan fingerprint density at radius 1 is 0.537 bits per heavy atom. The molecule has 6 aromatic carbocycles. The van der Waals surface area contributed by atoms with Crippen LogP contribution < -0.4 is 45.4 Å². The summed E-state index contributed by atoms with van der Waals surface area (Å²) in [5.74, 6) is -2.01. The maximum atomic E-state index is 14.6. The van der Waals surface area contributed by atoms with Gasteiger partial charge in [-0.1, -0.05) is 11.3 Å². The quantitative estimate of drug-likeness (QED) is 0.00953. The number of nitro benzene ring substituents is 1. The van der Waals surface area contributed by atoms with Crippen molar-refractivity contribution < 1.29 is 126 Å². The smallest absolute Gasteiger partial charge is 0.410 e. The molecule has 8 aliphatic heterocycles. The number of hydrogen-bond donors (Lipinski definition) is 8. The van der Waals surface area contributed by atoms with E-state index in [1.807, 2.05) is 56.2 Å². The van der Waals surface area contributed by atoms with Crippen LogP contribution in [0.15, 0.2) is 137 Å². The minimum Gasteiger partial charge on any atom is -0.508 e. The van der Waals surface area contributed by atoms with Crippen LogP contribution in [0.25, 0.3) is 27.6 Å². The Kier molecular flexibility index (Phi) is 35.5. The second-order valence-electron chi connectivity index (χ2n) is 33.7. The summed E-state index contributed by atoms with van der Waals surface area (Å²) >= 11 is 0.916. The van der Waals surface area contributed by atoms with Crippen LogP contribution in [0.2, 0.25) is 0 Å². The number of rotatable bonds is 14. The Morgan fingerprint density at radius 3 is 1.32 bits per heavy atom. The number of phenols is 4. The van der Waals surface area contributed by atoms with Crippen molar-refractivity contribution in [3.05, 3.63) is 182 Å². The van der Waals surface area contributed by atoms with Crippen molar-refractivity contribution in [1.82, 2.24) is 33.9 Å². The number of hydrogen-bond acceptors (Lipinski definition) is 33. The molecule has 0 spiro atoms. The second kappa shape index (κ2) is 46.5. The Morgan fingerprint density at radius 2 is 0.955 bits per heavy atom. The number of phenolic OH excluding ortho intramolecular Hbond substituents is 4. The predicted molar refractivity (Wildman–Crippen MR) is 484 cm³/mol. The highest BCUT2D eigenvalue weighted by molar-refractivity contribution is 7.86. The van der Waals surface area contributed by atoms with Crippen molar-refractivity contribution in [1.29, 1.82) is 0 Å². The van der Waals surface area contributed by atoms with Crippen LogP contribution in [0.1, 0.15) is 80.1 Å². The van der Waals surface area contributed by atoms with Crippen molar-refractivity contribution in [3.63, 3.8) is 0 Å². The monoisotopic (exact) mass is 1920 g/mol. The molecule has 8 saturated heterocycles. The first-order valence-electron chi connectivity index (χ1n) is 43.0. The number of nitrogen functional groups attached to an aromatic ring is 2. The van der Waals surface area contributed by atoms with E-state index in [4.69, 9.17) is 69.1 Å². The lowest BCUT2D eigenvalue weighted by molar-refractivity contribution is -0.387. The van der Waals surface area contributed by atoms with Crippen LogP contribution in [0.4, 0.5) is 76.0 Å². The highest BCUT2D eigenvalue weighted by atomic mass is 32.2. The van der Waals surface area contributed by atoms with Gasteiger partial charge in [0.25, 0.3) is 10.1 Å². The summed E-state index contributed by atoms with van der Waals surface area (Å²) in [6.07, 6.45) is 7.44. The lowest BCUT2D eigenvalue weighted by Crippen LogP contribution is -2.50. The topological polar surface area (TPSA) is 469 Å². The molecular formula is C89H110F6N14O23S2. The number of nitrogens with zero attached hydrogens (tertiary/aromatic N) is 12. The molecule has 37 nitrogen and oxygen atoms in total. The van der Waals surface area contributed by atoms with Crippen molar-refractivity contribution in [2.75, 3.05) is 162 Å². The van der Waals surface area contributed by atoms with Gasteiger partial charge in [-0.25, -0.2) is 36.5 Å². The molecule has 4 aromatic heterocycles. The number of anilines is 6. The summed E-state index contributed by atoms with van der Waals surface area (Å²) in [5.41, 5.74) is 12.2. The zero-order valence-electron chi connectivity index (χ0n) is 74.7. The van der Waals surface area contributed by atoms with Gasteiger partial charge in [0.1, 0.15) is 116 Å². The van der Waals surface area contributed by atoms with Gasteiger partial charge in [-0.05, 0) is 159 Å². The minimum atomic E-state index is -3.60. The highest BCUT2D eigenvalue weighted by Crippen LogP contribution is 2.35. The number of epoxide rings is 1. The Bertz CT molecular complexity index is 5760. The zero-order valence-corrected chi connectivity index (χ0v) is 76.3. The third-order valence-corrected chi connectivity index (χ3v) is 22.6. The first kappa shape index (κ1) is 102. The van der Waals surface area contributed by atoms with E-state index in [-0.39, 0.29) is 96.3 Å². The first-order valence-corrected chi connectivity index (χ1v) is 45.6. The zero-order chi connectivity index (χ0) is 96.9. The number of carbonyl (C=O) groups is 2. The van der Waals surface area contributed by atoms with E-state index in [9.17, 15) is 74.6 Å². The van der Waals surface area contributed by atoms with Crippen LogP contribution in [0.3, 0.4) is 0 Å². The molecule has 728 valence electrons. The molecule has 45 heteroatoms. The fourth-order valence-corrected chi connectivity index (χ4v) is 15.6. The first-order chi connectivity index (χ1) is 63.6. The Balaban J connectivity index is 0.000000152. The van der Waals surface area contributed by atoms with Gasteiger partial charge in [-0.3, -0.25) is 23.7 Å². The number of benzene rings is 6. The van der Waals surface area contributed by atoms with Gasteiger partial charge >= 0.3 is 22.7 Å². The van der Waals surface area contributed by atoms with Crippen LogP contribution in [-0.4, -0.2) is 269 Å². The molecule has 10 aromatic rings. The number of aromatic nitrogens is 5. The molecule has 10 N–H and O–H groups in total. The summed E-state index contributed by atoms with van der Waals surface area (Å²) in [5, 5.41) is 69.2. The van der Waals surface area contributed by atoms with E-state index in [1.54, 1.807) is 58.3 Å². The fraction of sp³-hybridized carbons (Fsp3) is 0.461. The number of thiazole rings is 1. The molecule has 8 aliphatic rings. The molecule has 2 amide bonds. The van der Waals surface area contributed by atoms with Gasteiger partial charge in [-0.15, -0.1) is 5.10 Å². The predicted octanol–water partition coefficient (Wildman–Crippen LogP) is 11.7. The van der Waals surface area contributed by atoms with Gasteiger partial charge in [0, 0.05) is 121 Å². The Hall–Kier alpha value is -12.4. The average Bonchev–Trinajstić information content (AvgIpc) is 1.59. The number of fused-ring (bicyclic) bond motifs is 4. The van der Waals surface area contributed by atoms with Gasteiger partial charge < -0.3 is 114 Å². The maximum Gasteiger partial charge on any atom is 0.410 e. The van der Waals surface area contributed by atoms with Crippen LogP contribution >= 0.6 is 11.3 Å². The maximum absolute atomic E-state index is 14.6. The van der Waals surface area contributed by atoms with Gasteiger partial charge in [0.2, 0.25) is 17.6 Å². The summed E-state index contributed by atoms with van der Waals surface area (Å²) in [4.78, 5) is 64.9. The third kappa shape index (κ3) is 29.8. The average molecular weight is 1920 g/mol. The number of aromatic hydroxyl groups is 4. The van der Waals surface area contributed by atoms with Crippen molar-refractivity contribution in [3.8, 4) is 46.1 Å². The number of furan rings is 1. The number of carbonyl (C=O) groups excluding carboxylic acids is 2. The van der Waals surface area contributed by atoms with Crippen LogP contribution in [0.5, 0.6) is 34.5 Å². The number of nitrogens with two attached hydrogens (primary N) is 2. The van der Waals surface area contributed by atoms with E-state index >= 15 is 0 Å². The SMILES string of the molecule is C1OCC2OC12.CC(C)(C)OC(=O)N1CCN(c2ccc(O)cc2F)CC1.CC(C)(C)OC(=O)N1CCN(c2ccc(OC3COCC3O)cc2F)CC1.CS(=O)(=O)OCCn1c(=O)sc2c1nc(N)n1nc(-c3ccco3)nc21.Nc1ccc(O)cc1F.O=[N+]([O-])c1ccc(O)cc1F.OC1COCC1Oc1ccc(N2CCCCC2)c(F)c1.Oc1ccc(N2CCCCC2)c(F)c1. The standard InChI is InChI=1S/C19H27FN2O5.C15H21FN2O3.C15H20FNO3.C13H12N6O5S2.C11H14FNO.C6H4FNO3.C6H6FNO.C4H6O2/c1-19(2,3)27-18(24)22-8-6-21(7-9-22)15-5-4-13(10-14(15)20)26-17-12-25-11-16(17)23;1-15(2,3)21-14(20)18-8-6-17(7-9-18)13-5-4-11(19)10-12(13)16;16-12-8-11(20-15-10-19-9-14(15)18)4-5-13(12)17-6-2-1-3-7-17;1-26(21,22)24-6-4-18-10-8(25-13(18)20)11-15-9(7-3-2-5-23-7)17-19(11)12(14)16-10;12-10-8-9(14)4-5-11(10)13-6-2-1-3-7-13;7-5-3-4(9)1-2-6(5)8(10)11;7-5-3-4(9)1-2-6(5)8;1-3-4(6-3)2-5-1/h4-5,10,16-17,23H,6-9,11-12H2,1-3H3;4-5,10,19H,6-9H2,1-3H3;4-5,8,14-15,18H,1-3,6-7,9-10H2;2-3,5H,4,6H2,1H3,(H2,14,16);4-5,8,14H,1-3,6-7H2;1-3,9H;1-3,9H,8H2;3-4H,1-2H2. The molecule has 0 aliphatic carbocycles. The lowest BCUT2D eigenvalue weighted by Gasteiger charge is -2.36. The molecule has 0 bridgehead atoms. The summed E-state index contributed by atoms with van der Waals surface area (Å²) in [6, 6.07) is 27.7. The van der Waals surface area contributed by atoms with E-state index in [2.05, 4.69) is 24.1 Å². The van der Waals surface area contributed by atoms with E-state index in [0.29, 0.717) is 139 Å². The van der Waals surface area contributed by atoms with E-state index in [0.717, 1.165) is 107 Å². The molecule has 0 saturated carbocycles. The molecule has 0 radical (unpaired) electrons. The number of piperazine rings is 2. The highest BCUT2D eigenvalue weighted by Gasteiger charge is 2.44. The number of amides is 2. The van der Waals surface area contributed by atoms with Gasteiger partial charge in [0.15, 0.2) is 17.1 Å². The number of nitro groups is 1. The molecule has 134 heavy (non-hydrogen) atoms. The Labute approximate surface area is 771 Å². The fourth-order valence-electron chi connectivity index (χ4n) is 14.3. The van der Waals surface area contributed by atoms with E-state index in [1.165, 1.54) is 70.7 Å². The largest absolute Gasteiger partial charge is 0.508 e. The number of aliphatic hydroxyl groups is 2. The normalized spacial score (nSPS) is 19.2. The number of piperidine rings is 2. The molecule has 6 unspecified atom stereocenters. The molecule has 8 fully saturated rings. The molecule has 12 heterocycles. The van der Waals surface area contributed by atoms with Crippen molar-refractivity contribution in [2.24, 2.45) is 0 Å². The molecular weight excluding hydrogens is 1810 g/mol. The number of aliphatic hydroxyl groups excluding tert-OH is 2. The second-order valence-corrected chi connectivity index (χ2v) is 36.3. The van der Waals surface area contributed by atoms with Crippen molar-refractivity contribution in [2.45, 2.75) is 134 Å². The van der Waals surface area contributed by atoms with Crippen LogP contribution in [-0.2, 0) is 49.3 Å². The summed E-state index contributed by atoms with van der Waals surface area (Å²) in [7, 11) is -3.60. The van der Waals surface area contributed by atoms with E-state index < -0.39 is 79.6 Å². The number of halogens is 6. The summed E-state index contributed by atoms with van der Waals surface area (Å²) < 4.78 is 158. The van der Waals surface area contributed by atoms with Crippen LogP contribution in [0, 0.1) is 45.0 Å². The lowest BCUT2D eigenvalue weighted by atomic mass is 10.1. The molecule has 6 atom stereocenters. The summed E-state index contributed by atoms with van der Waals surface area (Å²) in [6.45, 7) is 21.3. The number of ether oxygens (including phenoxy) is 8. The molecule has 18 rings (SSSR count). The van der Waals surface area contributed by atoms with Gasteiger partial charge in [0.05, 0.1) is 98.7 Å². The van der Waals surface area contributed by atoms with Gasteiger partial charge in [-0.2, -0.15) is 22.3 Å². The third-order valence-electron chi connectivity index (χ3n) is 21.0. The van der Waals surface area contributed by atoms with Crippen molar-refractivity contribution >= 4 is 89.7 Å². The minimum absolute atomic E-state index is 0.00763.